The summed E-state index contributed by atoms with van der Waals surface area (Å²) in [6.45, 7) is 4.22. The van der Waals surface area contributed by atoms with Crippen molar-refractivity contribution in [2.75, 3.05) is 10.6 Å². The topological polar surface area (TPSA) is 100 Å². The highest BCUT2D eigenvalue weighted by Gasteiger charge is 2.24. The van der Waals surface area contributed by atoms with E-state index in [0.29, 0.717) is 38.0 Å². The van der Waals surface area contributed by atoms with E-state index in [1.807, 2.05) is 78.2 Å². The Balaban J connectivity index is 1.21. The third kappa shape index (κ3) is 10.0. The van der Waals surface area contributed by atoms with Gasteiger partial charge in [0.2, 0.25) is 5.91 Å². The Kier molecular flexibility index (Phi) is 12.4. The molecule has 3 amide bonds. The normalized spacial score (nSPS) is 11.9. The number of anilines is 2. The molecule has 6 aromatic rings. The monoisotopic (exact) mass is 776 g/mol. The van der Waals surface area contributed by atoms with Crippen molar-refractivity contribution in [2.24, 2.45) is 0 Å². The number of thiazole rings is 1. The Morgan fingerprint density at radius 3 is 2.17 bits per heavy atom. The van der Waals surface area contributed by atoms with Crippen molar-refractivity contribution >= 4 is 80.9 Å². The Labute approximate surface area is 326 Å². The molecular weight excluding hydrogens is 744 g/mol. The Hall–Kier alpha value is -5.19. The summed E-state index contributed by atoms with van der Waals surface area (Å²) in [7, 11) is 0. The molecule has 0 aliphatic carbocycles. The SMILES string of the molecule is CC(C)c1ccc(/C=C(/NC(=O)c2ccccc2)C(=O)Nc2cccc(SC(C(=O)Nc3nc(-c4ccc(Cl)c(Cl)c4)cs3)c3ccccc3)c2)cc1. The van der Waals surface area contributed by atoms with Crippen LogP contribution in [0, 0.1) is 0 Å². The number of hydrogen-bond acceptors (Lipinski definition) is 6. The summed E-state index contributed by atoms with van der Waals surface area (Å²) in [6.07, 6.45) is 1.65. The number of halogens is 2. The summed E-state index contributed by atoms with van der Waals surface area (Å²) in [5, 5.41) is 11.2. The van der Waals surface area contributed by atoms with Gasteiger partial charge in [0.1, 0.15) is 10.9 Å². The summed E-state index contributed by atoms with van der Waals surface area (Å²) in [5.74, 6) is -0.811. The van der Waals surface area contributed by atoms with Crippen molar-refractivity contribution in [3.05, 3.63) is 171 Å². The number of amides is 3. The largest absolute Gasteiger partial charge is 0.321 e. The molecule has 0 radical (unpaired) electrons. The highest BCUT2D eigenvalue weighted by atomic mass is 35.5. The van der Waals surface area contributed by atoms with Gasteiger partial charge in [0.15, 0.2) is 5.13 Å². The molecule has 1 atom stereocenters. The van der Waals surface area contributed by atoms with Gasteiger partial charge in [-0.1, -0.05) is 122 Å². The lowest BCUT2D eigenvalue weighted by atomic mass is 10.0. The molecule has 11 heteroatoms. The third-order valence-electron chi connectivity index (χ3n) is 8.08. The third-order valence-corrected chi connectivity index (χ3v) is 10.8. The first-order valence-corrected chi connectivity index (χ1v) is 19.2. The molecule has 5 aromatic carbocycles. The van der Waals surface area contributed by atoms with Crippen molar-refractivity contribution in [1.82, 2.24) is 10.3 Å². The number of nitrogens with one attached hydrogen (secondary N) is 3. The molecule has 0 bridgehead atoms. The fraction of sp³-hybridized carbons (Fsp3) is 0.0952. The van der Waals surface area contributed by atoms with Gasteiger partial charge in [0, 0.05) is 27.1 Å². The maximum Gasteiger partial charge on any atom is 0.272 e. The maximum atomic E-state index is 13.8. The zero-order valence-corrected chi connectivity index (χ0v) is 31.8. The van der Waals surface area contributed by atoms with Crippen LogP contribution in [0.25, 0.3) is 17.3 Å². The maximum absolute atomic E-state index is 13.8. The molecule has 6 rings (SSSR count). The zero-order valence-electron chi connectivity index (χ0n) is 28.7. The number of aromatic nitrogens is 1. The predicted octanol–water partition coefficient (Wildman–Crippen LogP) is 11.1. The molecule has 0 aliphatic heterocycles. The molecular formula is C42H34Cl2N4O3S2. The minimum Gasteiger partial charge on any atom is -0.321 e. The number of hydrogen-bond donors (Lipinski definition) is 3. The van der Waals surface area contributed by atoms with E-state index in [1.54, 1.807) is 60.7 Å². The lowest BCUT2D eigenvalue weighted by Gasteiger charge is -2.17. The van der Waals surface area contributed by atoms with Crippen LogP contribution in [-0.2, 0) is 9.59 Å². The number of nitrogens with zero attached hydrogens (tertiary/aromatic N) is 1. The van der Waals surface area contributed by atoms with Gasteiger partial charge in [0.05, 0.1) is 15.7 Å². The molecule has 0 saturated carbocycles. The molecule has 7 nitrogen and oxygen atoms in total. The first-order valence-electron chi connectivity index (χ1n) is 16.7. The molecule has 0 saturated heterocycles. The molecule has 0 fully saturated rings. The van der Waals surface area contributed by atoms with Crippen LogP contribution in [0.15, 0.2) is 143 Å². The van der Waals surface area contributed by atoms with Crippen LogP contribution in [-0.4, -0.2) is 22.7 Å². The fourth-order valence-electron chi connectivity index (χ4n) is 5.26. The number of benzene rings is 5. The van der Waals surface area contributed by atoms with Gasteiger partial charge >= 0.3 is 0 Å². The van der Waals surface area contributed by atoms with Crippen molar-refractivity contribution < 1.29 is 14.4 Å². The quantitative estimate of drug-likeness (QED) is 0.0849. The van der Waals surface area contributed by atoms with E-state index in [4.69, 9.17) is 23.2 Å². The summed E-state index contributed by atoms with van der Waals surface area (Å²) in [4.78, 5) is 46.1. The fourth-order valence-corrected chi connectivity index (χ4v) is 7.36. The van der Waals surface area contributed by atoms with Crippen molar-refractivity contribution in [2.45, 2.75) is 29.9 Å². The van der Waals surface area contributed by atoms with E-state index in [0.717, 1.165) is 27.1 Å². The molecule has 53 heavy (non-hydrogen) atoms. The molecule has 1 heterocycles. The predicted molar refractivity (Wildman–Crippen MR) is 219 cm³/mol. The van der Waals surface area contributed by atoms with Crippen molar-refractivity contribution in [1.29, 1.82) is 0 Å². The van der Waals surface area contributed by atoms with Gasteiger partial charge in [-0.3, -0.25) is 14.4 Å². The lowest BCUT2D eigenvalue weighted by Crippen LogP contribution is -2.30. The summed E-state index contributed by atoms with van der Waals surface area (Å²) < 4.78 is 0. The number of thioether (sulfide) groups is 1. The molecule has 0 aliphatic rings. The molecule has 0 spiro atoms. The second kappa shape index (κ2) is 17.6. The highest BCUT2D eigenvalue weighted by molar-refractivity contribution is 8.00. The van der Waals surface area contributed by atoms with E-state index in [-0.39, 0.29) is 11.6 Å². The summed E-state index contributed by atoms with van der Waals surface area (Å²) in [6, 6.07) is 38.5. The first-order chi connectivity index (χ1) is 25.6. The number of carbonyl (C=O) groups excluding carboxylic acids is 3. The van der Waals surface area contributed by atoms with Gasteiger partial charge in [-0.25, -0.2) is 4.98 Å². The molecule has 3 N–H and O–H groups in total. The average Bonchev–Trinajstić information content (AvgIpc) is 3.64. The number of carbonyl (C=O) groups is 3. The van der Waals surface area contributed by atoms with Crippen LogP contribution in [0.3, 0.4) is 0 Å². The van der Waals surface area contributed by atoms with Crippen LogP contribution in [0.2, 0.25) is 10.0 Å². The van der Waals surface area contributed by atoms with Crippen LogP contribution in [0.5, 0.6) is 0 Å². The van der Waals surface area contributed by atoms with E-state index in [1.165, 1.54) is 23.1 Å². The second-order valence-corrected chi connectivity index (χ2v) is 15.1. The van der Waals surface area contributed by atoms with Gasteiger partial charge in [-0.2, -0.15) is 0 Å². The molecule has 1 aromatic heterocycles. The molecule has 266 valence electrons. The van der Waals surface area contributed by atoms with Crippen LogP contribution in [0.4, 0.5) is 10.8 Å². The highest BCUT2D eigenvalue weighted by Crippen LogP contribution is 2.38. The van der Waals surface area contributed by atoms with Gasteiger partial charge < -0.3 is 16.0 Å². The standard InChI is InChI=1S/C42H34Cl2N4O3S2/c1-26(2)28-18-16-27(17-19-28)22-36(46-39(49)30-12-7-4-8-13-30)40(50)45-32-14-9-15-33(24-32)53-38(29-10-5-3-6-11-29)41(51)48-42-47-37(25-52-42)31-20-21-34(43)35(44)23-31/h3-26,38H,1-2H3,(H,45,50)(H,46,49)(H,47,48,51)/b36-22+. The van der Waals surface area contributed by atoms with E-state index < -0.39 is 17.1 Å². The van der Waals surface area contributed by atoms with Gasteiger partial charge in [-0.15, -0.1) is 23.1 Å². The van der Waals surface area contributed by atoms with Gasteiger partial charge in [-0.05, 0) is 71.1 Å². The Morgan fingerprint density at radius 1 is 0.755 bits per heavy atom. The number of rotatable bonds is 12. The minimum absolute atomic E-state index is 0.0828. The second-order valence-electron chi connectivity index (χ2n) is 12.2. The molecule has 1 unspecified atom stereocenters. The van der Waals surface area contributed by atoms with Gasteiger partial charge in [0.25, 0.3) is 11.8 Å². The first kappa shape index (κ1) is 37.6. The van der Waals surface area contributed by atoms with E-state index >= 15 is 0 Å². The van der Waals surface area contributed by atoms with Crippen LogP contribution in [0.1, 0.15) is 52.1 Å². The van der Waals surface area contributed by atoms with E-state index in [9.17, 15) is 14.4 Å². The van der Waals surface area contributed by atoms with Crippen LogP contribution >= 0.6 is 46.3 Å². The van der Waals surface area contributed by atoms with E-state index in [2.05, 4.69) is 34.8 Å². The summed E-state index contributed by atoms with van der Waals surface area (Å²) >= 11 is 14.9. The van der Waals surface area contributed by atoms with Crippen LogP contribution < -0.4 is 16.0 Å². The smallest absolute Gasteiger partial charge is 0.272 e. The Morgan fingerprint density at radius 2 is 1.47 bits per heavy atom. The minimum atomic E-state index is -0.645. The van der Waals surface area contributed by atoms with Crippen molar-refractivity contribution in [3.8, 4) is 11.3 Å². The average molecular weight is 778 g/mol. The van der Waals surface area contributed by atoms with Crippen molar-refractivity contribution in [3.63, 3.8) is 0 Å². The Bertz CT molecular complexity index is 2260. The lowest BCUT2D eigenvalue weighted by molar-refractivity contribution is -0.116. The zero-order chi connectivity index (χ0) is 37.3. The summed E-state index contributed by atoms with van der Waals surface area (Å²) in [5.41, 5.74) is 5.17.